The van der Waals surface area contributed by atoms with E-state index in [0.717, 1.165) is 64.5 Å². The molecule has 0 saturated carbocycles. The van der Waals surface area contributed by atoms with E-state index in [4.69, 9.17) is 14.5 Å². The van der Waals surface area contributed by atoms with Crippen LogP contribution >= 0.6 is 11.3 Å². The van der Waals surface area contributed by atoms with E-state index in [1.165, 1.54) is 0 Å². The van der Waals surface area contributed by atoms with E-state index in [9.17, 15) is 4.79 Å². The summed E-state index contributed by atoms with van der Waals surface area (Å²) in [6.07, 6.45) is 3.58. The summed E-state index contributed by atoms with van der Waals surface area (Å²) in [6.45, 7) is 4.40. The molecule has 2 unspecified atom stereocenters. The van der Waals surface area contributed by atoms with Crippen molar-refractivity contribution in [1.82, 2.24) is 20.6 Å². The average molecular weight is 517 g/mol. The van der Waals surface area contributed by atoms with Gasteiger partial charge in [-0.15, -0.1) is 11.3 Å². The summed E-state index contributed by atoms with van der Waals surface area (Å²) >= 11 is 1.61. The SMILES string of the molecule is COc1cccc(C(NC(=O)C2CCNCC2)c2ccc(C(C)COc3ccc4ncsc4c3)cn2)c1. The van der Waals surface area contributed by atoms with E-state index < -0.39 is 0 Å². The molecule has 1 amide bonds. The number of hydrogen-bond donors (Lipinski definition) is 2. The largest absolute Gasteiger partial charge is 0.497 e. The van der Waals surface area contributed by atoms with Crippen LogP contribution in [0, 0.1) is 5.92 Å². The van der Waals surface area contributed by atoms with Crippen molar-refractivity contribution in [2.45, 2.75) is 31.7 Å². The summed E-state index contributed by atoms with van der Waals surface area (Å²) < 4.78 is 12.6. The highest BCUT2D eigenvalue weighted by Gasteiger charge is 2.26. The Morgan fingerprint density at radius 1 is 1.08 bits per heavy atom. The Balaban J connectivity index is 1.30. The number of piperidine rings is 1. The number of amides is 1. The molecule has 0 spiro atoms. The molecule has 2 aromatic heterocycles. The third-order valence-corrected chi connectivity index (χ3v) is 7.69. The van der Waals surface area contributed by atoms with E-state index in [0.29, 0.717) is 6.61 Å². The minimum atomic E-state index is -0.357. The second kappa shape index (κ2) is 11.7. The molecule has 1 aliphatic rings. The van der Waals surface area contributed by atoms with Crippen molar-refractivity contribution >= 4 is 27.5 Å². The Bertz CT molecular complexity index is 1330. The predicted octanol–water partition coefficient (Wildman–Crippen LogP) is 5.09. The Morgan fingerprint density at radius 3 is 2.73 bits per heavy atom. The molecule has 2 atom stereocenters. The van der Waals surface area contributed by atoms with Crippen molar-refractivity contribution in [1.29, 1.82) is 0 Å². The lowest BCUT2D eigenvalue weighted by Crippen LogP contribution is -2.40. The lowest BCUT2D eigenvalue weighted by Gasteiger charge is -2.26. The fourth-order valence-electron chi connectivity index (χ4n) is 4.62. The predicted molar refractivity (Wildman–Crippen MR) is 146 cm³/mol. The van der Waals surface area contributed by atoms with E-state index in [1.54, 1.807) is 18.4 Å². The molecule has 4 aromatic rings. The standard InChI is InChI=1S/C29H32N4O3S/c1-19(17-36-24-7-9-25-27(15-24)37-18-32-25)22-6-8-26(31-16-22)28(21-4-3-5-23(14-21)35-2)33-29(34)20-10-12-30-13-11-20/h3-9,14-16,18-20,28,30H,10-13,17H2,1-2H3,(H,33,34). The minimum absolute atomic E-state index is 0.00924. The van der Waals surface area contributed by atoms with Gasteiger partial charge in [0.2, 0.25) is 5.91 Å². The zero-order valence-electron chi connectivity index (χ0n) is 21.1. The van der Waals surface area contributed by atoms with Crippen molar-refractivity contribution in [3.63, 3.8) is 0 Å². The van der Waals surface area contributed by atoms with Crippen LogP contribution < -0.4 is 20.1 Å². The first-order valence-corrected chi connectivity index (χ1v) is 13.6. The Hall–Kier alpha value is -3.49. The van der Waals surface area contributed by atoms with Gasteiger partial charge in [0.1, 0.15) is 11.5 Å². The van der Waals surface area contributed by atoms with Crippen LogP contribution in [0.5, 0.6) is 11.5 Å². The minimum Gasteiger partial charge on any atom is -0.497 e. The van der Waals surface area contributed by atoms with Gasteiger partial charge in [-0.1, -0.05) is 25.1 Å². The van der Waals surface area contributed by atoms with Gasteiger partial charge in [-0.2, -0.15) is 0 Å². The first kappa shape index (κ1) is 25.2. The molecule has 1 aliphatic heterocycles. The van der Waals surface area contributed by atoms with E-state index in [1.807, 2.05) is 60.2 Å². The molecule has 37 heavy (non-hydrogen) atoms. The third kappa shape index (κ3) is 6.09. The Labute approximate surface area is 221 Å². The molecule has 1 saturated heterocycles. The van der Waals surface area contributed by atoms with Crippen molar-refractivity contribution < 1.29 is 14.3 Å². The summed E-state index contributed by atoms with van der Waals surface area (Å²) in [4.78, 5) is 22.3. The van der Waals surface area contributed by atoms with Gasteiger partial charge >= 0.3 is 0 Å². The molecule has 3 heterocycles. The lowest BCUT2D eigenvalue weighted by molar-refractivity contribution is -0.126. The highest BCUT2D eigenvalue weighted by Crippen LogP contribution is 2.28. The number of carbonyl (C=O) groups is 1. The lowest BCUT2D eigenvalue weighted by atomic mass is 9.95. The summed E-state index contributed by atoms with van der Waals surface area (Å²) in [5.41, 5.74) is 5.65. The quantitative estimate of drug-likeness (QED) is 0.322. The molecule has 192 valence electrons. The van der Waals surface area contributed by atoms with E-state index in [-0.39, 0.29) is 23.8 Å². The maximum Gasteiger partial charge on any atom is 0.224 e. The van der Waals surface area contributed by atoms with Gasteiger partial charge in [-0.3, -0.25) is 9.78 Å². The molecular formula is C29H32N4O3S. The Kier molecular flexibility index (Phi) is 7.96. The number of pyridine rings is 1. The fraction of sp³-hybridized carbons (Fsp3) is 0.345. The number of thiazole rings is 1. The number of benzene rings is 2. The number of hydrogen-bond acceptors (Lipinski definition) is 7. The highest BCUT2D eigenvalue weighted by molar-refractivity contribution is 7.16. The molecule has 7 nitrogen and oxygen atoms in total. The highest BCUT2D eigenvalue weighted by atomic mass is 32.1. The summed E-state index contributed by atoms with van der Waals surface area (Å²) in [7, 11) is 1.65. The van der Waals surface area contributed by atoms with Crippen molar-refractivity contribution in [3.05, 3.63) is 83.1 Å². The van der Waals surface area contributed by atoms with Gasteiger partial charge in [0.25, 0.3) is 0 Å². The number of nitrogens with one attached hydrogen (secondary N) is 2. The molecule has 1 fully saturated rings. The van der Waals surface area contributed by atoms with Gasteiger partial charge in [0.05, 0.1) is 41.2 Å². The zero-order valence-corrected chi connectivity index (χ0v) is 22.0. The number of rotatable bonds is 9. The molecule has 0 bridgehead atoms. The topological polar surface area (TPSA) is 85.4 Å². The molecule has 0 radical (unpaired) electrons. The zero-order chi connectivity index (χ0) is 25.6. The number of nitrogens with zero attached hydrogens (tertiary/aromatic N) is 2. The second-order valence-corrected chi connectivity index (χ2v) is 10.3. The van der Waals surface area contributed by atoms with Crippen LogP contribution in [-0.2, 0) is 4.79 Å². The normalized spacial score (nSPS) is 15.7. The maximum atomic E-state index is 13.2. The van der Waals surface area contributed by atoms with Gasteiger partial charge in [-0.25, -0.2) is 4.98 Å². The Morgan fingerprint density at radius 2 is 1.95 bits per heavy atom. The molecule has 8 heteroatoms. The number of carbonyl (C=O) groups excluding carboxylic acids is 1. The van der Waals surface area contributed by atoms with Gasteiger partial charge in [0.15, 0.2) is 0 Å². The van der Waals surface area contributed by atoms with Crippen LogP contribution in [-0.4, -0.2) is 42.7 Å². The fourth-order valence-corrected chi connectivity index (χ4v) is 5.32. The van der Waals surface area contributed by atoms with Crippen LogP contribution in [0.15, 0.2) is 66.3 Å². The van der Waals surface area contributed by atoms with Crippen molar-refractivity contribution in [2.24, 2.45) is 5.92 Å². The summed E-state index contributed by atoms with van der Waals surface area (Å²) in [5, 5.41) is 6.59. The van der Waals surface area contributed by atoms with E-state index >= 15 is 0 Å². The number of fused-ring (bicyclic) bond motifs is 1. The second-order valence-electron chi connectivity index (χ2n) is 9.45. The number of ether oxygens (including phenoxy) is 2. The maximum absolute atomic E-state index is 13.2. The van der Waals surface area contributed by atoms with E-state index in [2.05, 4.69) is 28.6 Å². The first-order chi connectivity index (χ1) is 18.1. The summed E-state index contributed by atoms with van der Waals surface area (Å²) in [6, 6.07) is 17.5. The molecule has 2 N–H and O–H groups in total. The van der Waals surface area contributed by atoms with Gasteiger partial charge < -0.3 is 20.1 Å². The smallest absolute Gasteiger partial charge is 0.224 e. The van der Waals surface area contributed by atoms with Crippen molar-refractivity contribution in [2.75, 3.05) is 26.8 Å². The number of methoxy groups -OCH3 is 1. The molecule has 2 aromatic carbocycles. The average Bonchev–Trinajstić information content (AvgIpc) is 3.43. The van der Waals surface area contributed by atoms with Gasteiger partial charge in [-0.05, 0) is 73.5 Å². The monoisotopic (exact) mass is 516 g/mol. The molecular weight excluding hydrogens is 484 g/mol. The van der Waals surface area contributed by atoms with Crippen LogP contribution in [0.1, 0.15) is 48.5 Å². The van der Waals surface area contributed by atoms with Crippen molar-refractivity contribution in [3.8, 4) is 11.5 Å². The third-order valence-electron chi connectivity index (χ3n) is 6.90. The van der Waals surface area contributed by atoms with Crippen LogP contribution in [0.3, 0.4) is 0 Å². The van der Waals surface area contributed by atoms with Crippen LogP contribution in [0.2, 0.25) is 0 Å². The van der Waals surface area contributed by atoms with Crippen LogP contribution in [0.4, 0.5) is 0 Å². The molecule has 0 aliphatic carbocycles. The number of aromatic nitrogens is 2. The summed E-state index contributed by atoms with van der Waals surface area (Å²) in [5.74, 6) is 1.82. The first-order valence-electron chi connectivity index (χ1n) is 12.7. The van der Waals surface area contributed by atoms with Crippen LogP contribution in [0.25, 0.3) is 10.2 Å². The molecule has 5 rings (SSSR count). The van der Waals surface area contributed by atoms with Gasteiger partial charge in [0, 0.05) is 18.0 Å².